The fourth-order valence-corrected chi connectivity index (χ4v) is 3.43. The van der Waals surface area contributed by atoms with Gasteiger partial charge in [0.15, 0.2) is 0 Å². The van der Waals surface area contributed by atoms with Gasteiger partial charge in [-0.2, -0.15) is 5.10 Å². The molecule has 1 aliphatic rings. The average Bonchev–Trinajstić information content (AvgIpc) is 3.31. The van der Waals surface area contributed by atoms with Crippen molar-refractivity contribution in [2.24, 2.45) is 0 Å². The van der Waals surface area contributed by atoms with Crippen molar-refractivity contribution < 1.29 is 4.79 Å². The number of likely N-dealkylation sites (tertiary alicyclic amines) is 1. The molecule has 2 aromatic heterocycles. The summed E-state index contributed by atoms with van der Waals surface area (Å²) in [7, 11) is 0. The maximum atomic E-state index is 12.4. The van der Waals surface area contributed by atoms with Crippen molar-refractivity contribution in [2.75, 3.05) is 19.6 Å². The van der Waals surface area contributed by atoms with E-state index in [2.05, 4.69) is 25.5 Å². The molecule has 7 nitrogen and oxygen atoms in total. The quantitative estimate of drug-likeness (QED) is 0.682. The van der Waals surface area contributed by atoms with Gasteiger partial charge in [-0.05, 0) is 31.0 Å². The SMILES string of the molecule is O=C(NCCc1nc2ccccc2[nH]1)N1CCCC(c2ccn[nH]2)C1. The van der Waals surface area contributed by atoms with Gasteiger partial charge in [0.05, 0.1) is 11.0 Å². The highest BCUT2D eigenvalue weighted by atomic mass is 16.2. The van der Waals surface area contributed by atoms with Crippen molar-refractivity contribution in [3.63, 3.8) is 0 Å². The Morgan fingerprint density at radius 3 is 3.08 bits per heavy atom. The number of amides is 2. The fourth-order valence-electron chi connectivity index (χ4n) is 3.43. The lowest BCUT2D eigenvalue weighted by Crippen LogP contribution is -2.45. The maximum Gasteiger partial charge on any atom is 0.317 e. The van der Waals surface area contributed by atoms with Crippen LogP contribution in [0.15, 0.2) is 36.5 Å². The van der Waals surface area contributed by atoms with E-state index in [4.69, 9.17) is 0 Å². The number of urea groups is 1. The molecule has 0 bridgehead atoms. The Balaban J connectivity index is 1.29. The van der Waals surface area contributed by atoms with Gasteiger partial charge in [0.1, 0.15) is 5.82 Å². The van der Waals surface area contributed by atoms with Gasteiger partial charge < -0.3 is 15.2 Å². The van der Waals surface area contributed by atoms with Gasteiger partial charge in [0, 0.05) is 43.9 Å². The second-order valence-electron chi connectivity index (χ2n) is 6.48. The molecule has 25 heavy (non-hydrogen) atoms. The molecule has 3 heterocycles. The number of aromatic amines is 2. The molecule has 2 amide bonds. The van der Waals surface area contributed by atoms with Gasteiger partial charge in [-0.25, -0.2) is 9.78 Å². The molecule has 3 N–H and O–H groups in total. The van der Waals surface area contributed by atoms with Crippen LogP contribution in [0, 0.1) is 0 Å². The summed E-state index contributed by atoms with van der Waals surface area (Å²) in [5.41, 5.74) is 3.10. The number of aromatic nitrogens is 4. The lowest BCUT2D eigenvalue weighted by Gasteiger charge is -2.32. The summed E-state index contributed by atoms with van der Waals surface area (Å²) in [5, 5.41) is 10.0. The zero-order valence-corrected chi connectivity index (χ0v) is 14.0. The number of piperidine rings is 1. The number of para-hydroxylation sites is 2. The summed E-state index contributed by atoms with van der Waals surface area (Å²) >= 11 is 0. The van der Waals surface area contributed by atoms with Crippen LogP contribution in [0.25, 0.3) is 11.0 Å². The van der Waals surface area contributed by atoms with Crippen LogP contribution >= 0.6 is 0 Å². The molecule has 1 fully saturated rings. The van der Waals surface area contributed by atoms with E-state index in [0.29, 0.717) is 18.9 Å². The molecule has 3 aromatic rings. The second kappa shape index (κ2) is 6.96. The third-order valence-electron chi connectivity index (χ3n) is 4.75. The zero-order valence-electron chi connectivity index (χ0n) is 14.0. The lowest BCUT2D eigenvalue weighted by atomic mass is 9.95. The molecule has 0 radical (unpaired) electrons. The molecule has 130 valence electrons. The predicted molar refractivity (Wildman–Crippen MR) is 95.3 cm³/mol. The Labute approximate surface area is 145 Å². The van der Waals surface area contributed by atoms with Crippen LogP contribution in [0.2, 0.25) is 0 Å². The second-order valence-corrected chi connectivity index (χ2v) is 6.48. The van der Waals surface area contributed by atoms with Gasteiger partial charge in [0.2, 0.25) is 0 Å². The van der Waals surface area contributed by atoms with Crippen LogP contribution in [0.4, 0.5) is 4.79 Å². The molecule has 1 unspecified atom stereocenters. The van der Waals surface area contributed by atoms with Gasteiger partial charge in [-0.15, -0.1) is 0 Å². The Morgan fingerprint density at radius 1 is 1.32 bits per heavy atom. The van der Waals surface area contributed by atoms with Crippen LogP contribution in [0.1, 0.15) is 30.3 Å². The number of imidazole rings is 1. The first-order valence-corrected chi connectivity index (χ1v) is 8.75. The number of nitrogens with one attached hydrogen (secondary N) is 3. The first-order valence-electron chi connectivity index (χ1n) is 8.75. The number of fused-ring (bicyclic) bond motifs is 1. The number of carbonyl (C=O) groups is 1. The Bertz CT molecular complexity index is 807. The van der Waals surface area contributed by atoms with Gasteiger partial charge in [-0.1, -0.05) is 12.1 Å². The van der Waals surface area contributed by atoms with E-state index in [1.54, 1.807) is 6.20 Å². The molecular weight excluding hydrogens is 316 g/mol. The molecule has 7 heteroatoms. The van der Waals surface area contributed by atoms with E-state index in [1.165, 1.54) is 0 Å². The van der Waals surface area contributed by atoms with Crippen LogP contribution in [0.3, 0.4) is 0 Å². The lowest BCUT2D eigenvalue weighted by molar-refractivity contribution is 0.179. The highest BCUT2D eigenvalue weighted by Crippen LogP contribution is 2.25. The molecule has 1 aromatic carbocycles. The number of benzene rings is 1. The number of hydrogen-bond donors (Lipinski definition) is 3. The minimum absolute atomic E-state index is 0.000302. The topological polar surface area (TPSA) is 89.7 Å². The van der Waals surface area contributed by atoms with E-state index < -0.39 is 0 Å². The van der Waals surface area contributed by atoms with Crippen LogP contribution < -0.4 is 5.32 Å². The van der Waals surface area contributed by atoms with Gasteiger partial charge >= 0.3 is 6.03 Å². The van der Waals surface area contributed by atoms with Gasteiger partial charge in [0.25, 0.3) is 0 Å². The number of carbonyl (C=O) groups excluding carboxylic acids is 1. The predicted octanol–water partition coefficient (Wildman–Crippen LogP) is 2.42. The molecule has 1 atom stereocenters. The smallest absolute Gasteiger partial charge is 0.317 e. The van der Waals surface area contributed by atoms with Crippen LogP contribution in [0.5, 0.6) is 0 Å². The summed E-state index contributed by atoms with van der Waals surface area (Å²) < 4.78 is 0. The number of H-pyrrole nitrogens is 2. The van der Waals surface area contributed by atoms with Crippen molar-refractivity contribution in [1.29, 1.82) is 0 Å². The van der Waals surface area contributed by atoms with Crippen molar-refractivity contribution in [2.45, 2.75) is 25.2 Å². The largest absolute Gasteiger partial charge is 0.342 e. The number of hydrogen-bond acceptors (Lipinski definition) is 3. The van der Waals surface area contributed by atoms with E-state index in [9.17, 15) is 4.79 Å². The summed E-state index contributed by atoms with van der Waals surface area (Å²) in [6, 6.07) is 9.94. The molecule has 1 aliphatic heterocycles. The third kappa shape index (κ3) is 3.50. The van der Waals surface area contributed by atoms with Crippen molar-refractivity contribution in [3.8, 4) is 0 Å². The molecule has 4 rings (SSSR count). The molecule has 1 saturated heterocycles. The van der Waals surface area contributed by atoms with Gasteiger partial charge in [-0.3, -0.25) is 5.10 Å². The molecule has 0 aliphatic carbocycles. The van der Waals surface area contributed by atoms with Crippen LogP contribution in [-0.4, -0.2) is 50.7 Å². The van der Waals surface area contributed by atoms with Crippen molar-refractivity contribution >= 4 is 17.1 Å². The maximum absolute atomic E-state index is 12.4. The fraction of sp³-hybridized carbons (Fsp3) is 0.389. The highest BCUT2D eigenvalue weighted by Gasteiger charge is 2.25. The summed E-state index contributed by atoms with van der Waals surface area (Å²) in [6.45, 7) is 2.11. The summed E-state index contributed by atoms with van der Waals surface area (Å²) in [6.07, 6.45) is 4.56. The molecular formula is C18H22N6O. The third-order valence-corrected chi connectivity index (χ3v) is 4.75. The Morgan fingerprint density at radius 2 is 2.24 bits per heavy atom. The van der Waals surface area contributed by atoms with Crippen LogP contribution in [-0.2, 0) is 6.42 Å². The average molecular weight is 338 g/mol. The first-order chi connectivity index (χ1) is 12.3. The van der Waals surface area contributed by atoms with E-state index in [0.717, 1.165) is 48.5 Å². The monoisotopic (exact) mass is 338 g/mol. The van der Waals surface area contributed by atoms with Crippen molar-refractivity contribution in [1.82, 2.24) is 30.4 Å². The highest BCUT2D eigenvalue weighted by molar-refractivity contribution is 5.75. The Kier molecular flexibility index (Phi) is 4.37. The normalized spacial score (nSPS) is 17.8. The standard InChI is InChI=1S/C18H22N6O/c25-18(24-11-3-4-13(12-24)14-7-10-20-23-14)19-9-8-17-21-15-5-1-2-6-16(15)22-17/h1-2,5-7,10,13H,3-4,8-9,11-12H2,(H,19,25)(H,20,23)(H,21,22). The minimum Gasteiger partial charge on any atom is -0.342 e. The van der Waals surface area contributed by atoms with Crippen molar-refractivity contribution in [3.05, 3.63) is 48.0 Å². The number of nitrogens with zero attached hydrogens (tertiary/aromatic N) is 3. The summed E-state index contributed by atoms with van der Waals surface area (Å²) in [4.78, 5) is 22.2. The summed E-state index contributed by atoms with van der Waals surface area (Å²) in [5.74, 6) is 1.24. The first kappa shape index (κ1) is 15.7. The Hall–Kier alpha value is -2.83. The van der Waals surface area contributed by atoms with E-state index in [-0.39, 0.29) is 6.03 Å². The number of rotatable bonds is 4. The zero-order chi connectivity index (χ0) is 17.1. The molecule has 0 saturated carbocycles. The molecule has 0 spiro atoms. The minimum atomic E-state index is 0.000302. The van der Waals surface area contributed by atoms with E-state index >= 15 is 0 Å². The van der Waals surface area contributed by atoms with E-state index in [1.807, 2.05) is 35.2 Å².